The molecule has 1 aromatic carbocycles. The van der Waals surface area contributed by atoms with E-state index >= 15 is 0 Å². The number of hydrogen-bond acceptors (Lipinski definition) is 6. The monoisotopic (exact) mass is 295 g/mol. The largest absolute Gasteiger partial charge is 0.465 e. The molecule has 1 heterocycles. The number of nitrogens with zero attached hydrogens (tertiary/aromatic N) is 2. The Labute approximate surface area is 118 Å². The number of nitrogens with one attached hydrogen (secondary N) is 1. The van der Waals surface area contributed by atoms with Gasteiger partial charge in [-0.15, -0.1) is 5.10 Å². The molecule has 1 saturated heterocycles. The topological polar surface area (TPSA) is 80.1 Å². The van der Waals surface area contributed by atoms with Crippen LogP contribution in [0.4, 0.5) is 4.39 Å². The van der Waals surface area contributed by atoms with Crippen LogP contribution in [-0.4, -0.2) is 36.1 Å². The lowest BCUT2D eigenvalue weighted by molar-refractivity contribution is -0.116. The molecule has 0 aliphatic carbocycles. The minimum atomic E-state index is -0.761. The summed E-state index contributed by atoms with van der Waals surface area (Å²) in [5.74, 6) is -1.35. The zero-order chi connectivity index (χ0) is 14.5. The number of carbonyl (C=O) groups excluding carboxylic acids is 2. The lowest BCUT2D eigenvalue weighted by Gasteiger charge is -2.02. The first-order valence-electron chi connectivity index (χ1n) is 5.52. The molecule has 8 heteroatoms. The number of methoxy groups -OCH3 is 1. The van der Waals surface area contributed by atoms with Crippen molar-refractivity contribution in [2.45, 2.75) is 0 Å². The van der Waals surface area contributed by atoms with Crippen LogP contribution in [0.25, 0.3) is 0 Å². The van der Waals surface area contributed by atoms with Crippen LogP contribution in [0, 0.1) is 5.82 Å². The lowest BCUT2D eigenvalue weighted by atomic mass is 10.1. The van der Waals surface area contributed by atoms with Crippen molar-refractivity contribution in [3.05, 3.63) is 35.1 Å². The molecule has 1 fully saturated rings. The molecule has 0 bridgehead atoms. The van der Waals surface area contributed by atoms with Gasteiger partial charge in [0.15, 0.2) is 5.17 Å². The number of rotatable bonds is 3. The number of halogens is 1. The predicted molar refractivity (Wildman–Crippen MR) is 73.4 cm³/mol. The summed E-state index contributed by atoms with van der Waals surface area (Å²) in [6.45, 7) is 0. The van der Waals surface area contributed by atoms with E-state index in [1.807, 2.05) is 0 Å². The average molecular weight is 295 g/mol. The molecule has 0 saturated carbocycles. The Morgan fingerprint density at radius 2 is 2.35 bits per heavy atom. The second-order valence-corrected chi connectivity index (χ2v) is 4.65. The molecule has 1 aliphatic heterocycles. The predicted octanol–water partition coefficient (Wildman–Crippen LogP) is 1.17. The zero-order valence-electron chi connectivity index (χ0n) is 10.4. The first-order chi connectivity index (χ1) is 9.61. The fourth-order valence-corrected chi connectivity index (χ4v) is 2.07. The summed E-state index contributed by atoms with van der Waals surface area (Å²) in [4.78, 5) is 22.2. The van der Waals surface area contributed by atoms with Crippen molar-refractivity contribution in [1.82, 2.24) is 5.32 Å². The van der Waals surface area contributed by atoms with E-state index in [4.69, 9.17) is 0 Å². The van der Waals surface area contributed by atoms with Gasteiger partial charge in [0.2, 0.25) is 5.91 Å². The second kappa shape index (κ2) is 6.29. The first kappa shape index (κ1) is 14.2. The number of esters is 1. The van der Waals surface area contributed by atoms with Gasteiger partial charge in [0.1, 0.15) is 5.82 Å². The highest BCUT2D eigenvalue weighted by Crippen LogP contribution is 2.13. The first-order valence-corrected chi connectivity index (χ1v) is 6.51. The maximum Gasteiger partial charge on any atom is 0.340 e. The van der Waals surface area contributed by atoms with Crippen molar-refractivity contribution in [3.63, 3.8) is 0 Å². The zero-order valence-corrected chi connectivity index (χ0v) is 11.2. The molecule has 104 valence electrons. The van der Waals surface area contributed by atoms with Crippen LogP contribution >= 0.6 is 11.8 Å². The van der Waals surface area contributed by atoms with Crippen molar-refractivity contribution < 1.29 is 18.7 Å². The Morgan fingerprint density at radius 1 is 1.55 bits per heavy atom. The number of amidine groups is 1. The van der Waals surface area contributed by atoms with Crippen molar-refractivity contribution in [1.29, 1.82) is 0 Å². The average Bonchev–Trinajstić information content (AvgIpc) is 2.85. The highest BCUT2D eigenvalue weighted by molar-refractivity contribution is 8.15. The Balaban J connectivity index is 2.17. The molecule has 0 unspecified atom stereocenters. The van der Waals surface area contributed by atoms with Gasteiger partial charge in [-0.1, -0.05) is 23.9 Å². The third kappa shape index (κ3) is 3.21. The number of ether oxygens (including phenoxy) is 1. The molecule has 0 aromatic heterocycles. The van der Waals surface area contributed by atoms with Crippen LogP contribution in [0.5, 0.6) is 0 Å². The fraction of sp³-hybridized carbons (Fsp3) is 0.167. The molecule has 0 atom stereocenters. The van der Waals surface area contributed by atoms with Crippen molar-refractivity contribution in [3.8, 4) is 0 Å². The van der Waals surface area contributed by atoms with Gasteiger partial charge in [-0.05, 0) is 6.07 Å². The van der Waals surface area contributed by atoms with E-state index in [0.29, 0.717) is 10.9 Å². The summed E-state index contributed by atoms with van der Waals surface area (Å²) in [6.07, 6.45) is 1.17. The summed E-state index contributed by atoms with van der Waals surface area (Å²) in [5, 5.41) is 10.3. The summed E-state index contributed by atoms with van der Waals surface area (Å²) in [7, 11) is 1.18. The van der Waals surface area contributed by atoms with E-state index in [1.54, 1.807) is 0 Å². The van der Waals surface area contributed by atoms with Crippen molar-refractivity contribution in [2.24, 2.45) is 10.2 Å². The normalized spacial score (nSPS) is 16.7. The summed E-state index contributed by atoms with van der Waals surface area (Å²) < 4.78 is 18.4. The highest BCUT2D eigenvalue weighted by Gasteiger charge is 2.16. The van der Waals surface area contributed by atoms with E-state index in [1.165, 1.54) is 43.3 Å². The van der Waals surface area contributed by atoms with Gasteiger partial charge in [-0.3, -0.25) is 4.79 Å². The van der Waals surface area contributed by atoms with Crippen LogP contribution in [0.1, 0.15) is 15.9 Å². The molecule has 1 amide bonds. The Bertz CT molecular complexity index is 616. The molecule has 6 nitrogen and oxygen atoms in total. The third-order valence-electron chi connectivity index (χ3n) is 2.37. The number of hydrogen-bond donors (Lipinski definition) is 1. The number of carbonyl (C=O) groups is 2. The van der Waals surface area contributed by atoms with Crippen LogP contribution in [0.2, 0.25) is 0 Å². The smallest absolute Gasteiger partial charge is 0.340 e. The van der Waals surface area contributed by atoms with Gasteiger partial charge in [-0.2, -0.15) is 5.10 Å². The molecule has 0 spiro atoms. The quantitative estimate of drug-likeness (QED) is 0.515. The molecule has 1 aliphatic rings. The third-order valence-corrected chi connectivity index (χ3v) is 3.23. The van der Waals surface area contributed by atoms with Crippen LogP contribution in [-0.2, 0) is 9.53 Å². The SMILES string of the molecule is COC(=O)c1cccc(C=NN=C2NC(=O)CS2)c1F. The van der Waals surface area contributed by atoms with Gasteiger partial charge in [0, 0.05) is 5.56 Å². The molecule has 1 N–H and O–H groups in total. The number of benzene rings is 1. The number of amides is 1. The number of thioether (sulfide) groups is 1. The maximum absolute atomic E-state index is 14.0. The van der Waals surface area contributed by atoms with E-state index in [-0.39, 0.29) is 17.0 Å². The Kier molecular flexibility index (Phi) is 4.46. The van der Waals surface area contributed by atoms with Gasteiger partial charge < -0.3 is 10.1 Å². The van der Waals surface area contributed by atoms with E-state index in [2.05, 4.69) is 20.3 Å². The van der Waals surface area contributed by atoms with Crippen LogP contribution in [0.3, 0.4) is 0 Å². The fourth-order valence-electron chi connectivity index (χ4n) is 1.44. The molecular formula is C12H10FN3O3S. The molecular weight excluding hydrogens is 285 g/mol. The summed E-state index contributed by atoms with van der Waals surface area (Å²) in [5.41, 5.74) is -0.0702. The second-order valence-electron chi connectivity index (χ2n) is 3.69. The van der Waals surface area contributed by atoms with E-state index in [9.17, 15) is 14.0 Å². The van der Waals surface area contributed by atoms with Gasteiger partial charge in [0.05, 0.1) is 24.6 Å². The van der Waals surface area contributed by atoms with Crippen LogP contribution < -0.4 is 5.32 Å². The minimum absolute atomic E-state index is 0.103. The molecule has 0 radical (unpaired) electrons. The molecule has 20 heavy (non-hydrogen) atoms. The maximum atomic E-state index is 14.0. The molecule has 1 aromatic rings. The standard InChI is InChI=1S/C12H10FN3O3S/c1-19-11(18)8-4-2-3-7(10(8)13)5-14-16-12-15-9(17)6-20-12/h2-5H,6H2,1H3,(H,15,16,17). The Morgan fingerprint density at radius 3 is 3.00 bits per heavy atom. The Hall–Kier alpha value is -2.22. The lowest BCUT2D eigenvalue weighted by Crippen LogP contribution is -2.19. The summed E-state index contributed by atoms with van der Waals surface area (Å²) in [6, 6.07) is 4.28. The van der Waals surface area contributed by atoms with Crippen molar-refractivity contribution >= 4 is 35.0 Å². The van der Waals surface area contributed by atoms with Gasteiger partial charge in [0.25, 0.3) is 0 Å². The minimum Gasteiger partial charge on any atom is -0.465 e. The van der Waals surface area contributed by atoms with E-state index < -0.39 is 11.8 Å². The summed E-state index contributed by atoms with van der Waals surface area (Å²) >= 11 is 1.21. The van der Waals surface area contributed by atoms with Crippen molar-refractivity contribution in [2.75, 3.05) is 12.9 Å². The van der Waals surface area contributed by atoms with Crippen LogP contribution in [0.15, 0.2) is 28.4 Å². The van der Waals surface area contributed by atoms with Gasteiger partial charge >= 0.3 is 5.97 Å². The van der Waals surface area contributed by atoms with E-state index in [0.717, 1.165) is 0 Å². The molecule has 2 rings (SSSR count). The van der Waals surface area contributed by atoms with Gasteiger partial charge in [-0.25, -0.2) is 9.18 Å². The highest BCUT2D eigenvalue weighted by atomic mass is 32.2.